The number of nitrogens with zero attached hydrogens (tertiary/aromatic N) is 1. The van der Waals surface area contributed by atoms with E-state index in [9.17, 15) is 4.79 Å². The molecule has 2 fully saturated rings. The molecule has 1 heterocycles. The number of hydrogen-bond acceptors (Lipinski definition) is 2. The maximum absolute atomic E-state index is 12.4. The number of carbonyl (C=O) groups is 1. The Morgan fingerprint density at radius 1 is 1.29 bits per heavy atom. The predicted molar refractivity (Wildman–Crippen MR) is 72.7 cm³/mol. The molecule has 0 atom stereocenters. The topological polar surface area (TPSA) is 46.3 Å². The van der Waals surface area contributed by atoms with Crippen molar-refractivity contribution in [2.45, 2.75) is 46.0 Å². The Morgan fingerprint density at radius 3 is 2.18 bits per heavy atom. The zero-order valence-corrected chi connectivity index (χ0v) is 11.6. The van der Waals surface area contributed by atoms with Crippen molar-refractivity contribution in [3.05, 3.63) is 0 Å². The van der Waals surface area contributed by atoms with Crippen LogP contribution in [-0.4, -0.2) is 28.9 Å². The van der Waals surface area contributed by atoms with Crippen molar-refractivity contribution in [2.24, 2.45) is 16.6 Å². The van der Waals surface area contributed by atoms with E-state index in [1.807, 2.05) is 4.90 Å². The quantitative estimate of drug-likeness (QED) is 0.785. The summed E-state index contributed by atoms with van der Waals surface area (Å²) in [6, 6.07) is 0. The van der Waals surface area contributed by atoms with Gasteiger partial charge >= 0.3 is 0 Å². The molecule has 4 heteroatoms. The van der Waals surface area contributed by atoms with Crippen LogP contribution in [-0.2, 0) is 4.79 Å². The molecule has 1 amide bonds. The number of nitrogens with two attached hydrogens (primary N) is 1. The van der Waals surface area contributed by atoms with Crippen molar-refractivity contribution in [3.8, 4) is 0 Å². The van der Waals surface area contributed by atoms with Gasteiger partial charge in [-0.3, -0.25) is 4.79 Å². The van der Waals surface area contributed by atoms with E-state index in [0.717, 1.165) is 38.8 Å². The van der Waals surface area contributed by atoms with Gasteiger partial charge in [-0.2, -0.15) is 0 Å². The van der Waals surface area contributed by atoms with Crippen LogP contribution in [0.4, 0.5) is 0 Å². The lowest BCUT2D eigenvalue weighted by molar-refractivity contribution is -0.136. The Balaban J connectivity index is 1.98. The molecule has 2 aliphatic rings. The average Bonchev–Trinajstić information content (AvgIpc) is 3.10. The van der Waals surface area contributed by atoms with E-state index in [-0.39, 0.29) is 5.91 Å². The highest BCUT2D eigenvalue weighted by molar-refractivity contribution is 7.80. The molecule has 2 N–H and O–H groups in total. The minimum Gasteiger partial charge on any atom is -0.392 e. The fraction of sp³-hybridized carbons (Fsp3) is 0.846. The molecule has 1 saturated carbocycles. The number of hydrogen-bond donors (Lipinski definition) is 1. The highest BCUT2D eigenvalue weighted by Crippen LogP contribution is 2.48. The standard InChI is InChI=1S/C13H22N2OS/c1-3-12(2)6-8-15(9-7-12)11(16)13(4-5-13)10(14)17/h3-9H2,1-2H3,(H2,14,17). The number of likely N-dealkylation sites (tertiary alicyclic amines) is 1. The lowest BCUT2D eigenvalue weighted by Crippen LogP contribution is -2.48. The van der Waals surface area contributed by atoms with E-state index < -0.39 is 5.41 Å². The summed E-state index contributed by atoms with van der Waals surface area (Å²) in [5.41, 5.74) is 5.65. The van der Waals surface area contributed by atoms with E-state index in [0.29, 0.717) is 10.4 Å². The van der Waals surface area contributed by atoms with Crippen LogP contribution in [0.15, 0.2) is 0 Å². The van der Waals surface area contributed by atoms with E-state index in [4.69, 9.17) is 18.0 Å². The lowest BCUT2D eigenvalue weighted by atomic mass is 9.78. The van der Waals surface area contributed by atoms with E-state index >= 15 is 0 Å². The van der Waals surface area contributed by atoms with Gasteiger partial charge in [-0.1, -0.05) is 32.5 Å². The van der Waals surface area contributed by atoms with Crippen LogP contribution in [0.1, 0.15) is 46.0 Å². The molecule has 0 aromatic carbocycles. The maximum Gasteiger partial charge on any atom is 0.235 e. The Bertz CT molecular complexity index is 341. The van der Waals surface area contributed by atoms with Crippen LogP contribution < -0.4 is 5.73 Å². The van der Waals surface area contributed by atoms with Gasteiger partial charge in [0.15, 0.2) is 0 Å². The van der Waals surface area contributed by atoms with Gasteiger partial charge in [0, 0.05) is 13.1 Å². The second-order valence-electron chi connectivity index (χ2n) is 5.90. The van der Waals surface area contributed by atoms with Crippen LogP contribution in [0.2, 0.25) is 0 Å². The van der Waals surface area contributed by atoms with Crippen molar-refractivity contribution in [2.75, 3.05) is 13.1 Å². The number of rotatable bonds is 3. The number of amides is 1. The number of piperidine rings is 1. The molecule has 17 heavy (non-hydrogen) atoms. The van der Waals surface area contributed by atoms with Gasteiger partial charge < -0.3 is 10.6 Å². The molecule has 1 aliphatic heterocycles. The maximum atomic E-state index is 12.4. The van der Waals surface area contributed by atoms with Crippen molar-refractivity contribution in [1.82, 2.24) is 4.90 Å². The van der Waals surface area contributed by atoms with Gasteiger partial charge in [0.25, 0.3) is 0 Å². The minimum atomic E-state index is -0.463. The van der Waals surface area contributed by atoms with Crippen LogP contribution in [0.5, 0.6) is 0 Å². The Hall–Kier alpha value is -0.640. The van der Waals surface area contributed by atoms with Gasteiger partial charge in [-0.25, -0.2) is 0 Å². The zero-order valence-electron chi connectivity index (χ0n) is 10.8. The molecule has 1 saturated heterocycles. The van der Waals surface area contributed by atoms with Crippen molar-refractivity contribution in [1.29, 1.82) is 0 Å². The smallest absolute Gasteiger partial charge is 0.235 e. The molecule has 0 bridgehead atoms. The number of thiocarbonyl (C=S) groups is 1. The molecule has 0 aromatic rings. The Kier molecular flexibility index (Phi) is 3.19. The summed E-state index contributed by atoms with van der Waals surface area (Å²) in [7, 11) is 0. The fourth-order valence-electron chi connectivity index (χ4n) is 2.60. The minimum absolute atomic E-state index is 0.183. The fourth-order valence-corrected chi connectivity index (χ4v) is 2.89. The summed E-state index contributed by atoms with van der Waals surface area (Å²) in [4.78, 5) is 14.8. The van der Waals surface area contributed by atoms with Crippen molar-refractivity contribution >= 4 is 23.1 Å². The summed E-state index contributed by atoms with van der Waals surface area (Å²) in [5, 5.41) is 0. The zero-order chi connectivity index (χ0) is 12.7. The third-order valence-electron chi connectivity index (χ3n) is 4.74. The van der Waals surface area contributed by atoms with Gasteiger partial charge in [0.05, 0.1) is 10.4 Å². The van der Waals surface area contributed by atoms with Crippen molar-refractivity contribution in [3.63, 3.8) is 0 Å². The third-order valence-corrected chi connectivity index (χ3v) is 5.13. The summed E-state index contributed by atoms with van der Waals surface area (Å²) < 4.78 is 0. The molecule has 2 rings (SSSR count). The first kappa shape index (κ1) is 12.8. The normalized spacial score (nSPS) is 25.4. The van der Waals surface area contributed by atoms with E-state index in [1.54, 1.807) is 0 Å². The Morgan fingerprint density at radius 2 is 1.82 bits per heavy atom. The molecule has 0 aromatic heterocycles. The second kappa shape index (κ2) is 4.23. The SMILES string of the molecule is CCC1(C)CCN(C(=O)C2(C(N)=S)CC2)CC1. The summed E-state index contributed by atoms with van der Waals surface area (Å²) in [6.07, 6.45) is 5.09. The van der Waals surface area contributed by atoms with Crippen LogP contribution >= 0.6 is 12.2 Å². The molecule has 96 valence electrons. The summed E-state index contributed by atoms with van der Waals surface area (Å²) in [5.74, 6) is 0.183. The molecule has 0 radical (unpaired) electrons. The van der Waals surface area contributed by atoms with Gasteiger partial charge in [-0.05, 0) is 31.1 Å². The van der Waals surface area contributed by atoms with E-state index in [2.05, 4.69) is 13.8 Å². The monoisotopic (exact) mass is 254 g/mol. The molecule has 1 aliphatic carbocycles. The van der Waals surface area contributed by atoms with Crippen LogP contribution in [0.3, 0.4) is 0 Å². The molecular formula is C13H22N2OS. The summed E-state index contributed by atoms with van der Waals surface area (Å²) in [6.45, 7) is 6.28. The van der Waals surface area contributed by atoms with Crippen LogP contribution in [0.25, 0.3) is 0 Å². The molecular weight excluding hydrogens is 232 g/mol. The second-order valence-corrected chi connectivity index (χ2v) is 6.34. The van der Waals surface area contributed by atoms with Gasteiger partial charge in [0.1, 0.15) is 0 Å². The largest absolute Gasteiger partial charge is 0.392 e. The highest BCUT2D eigenvalue weighted by atomic mass is 32.1. The lowest BCUT2D eigenvalue weighted by Gasteiger charge is -2.40. The first-order valence-corrected chi connectivity index (χ1v) is 6.94. The summed E-state index contributed by atoms with van der Waals surface area (Å²) >= 11 is 5.04. The van der Waals surface area contributed by atoms with Crippen LogP contribution in [0, 0.1) is 10.8 Å². The molecule has 0 unspecified atom stereocenters. The predicted octanol–water partition coefficient (Wildman–Crippen LogP) is 2.09. The Labute approximate surface area is 109 Å². The van der Waals surface area contributed by atoms with Gasteiger partial charge in [-0.15, -0.1) is 0 Å². The highest BCUT2D eigenvalue weighted by Gasteiger charge is 2.54. The molecule has 3 nitrogen and oxygen atoms in total. The number of carbonyl (C=O) groups excluding carboxylic acids is 1. The van der Waals surface area contributed by atoms with Gasteiger partial charge in [0.2, 0.25) is 5.91 Å². The third kappa shape index (κ3) is 2.19. The average molecular weight is 254 g/mol. The molecule has 0 spiro atoms. The van der Waals surface area contributed by atoms with E-state index in [1.165, 1.54) is 6.42 Å². The first-order valence-electron chi connectivity index (χ1n) is 6.53. The van der Waals surface area contributed by atoms with Crippen molar-refractivity contribution < 1.29 is 4.79 Å². The first-order chi connectivity index (χ1) is 7.93.